The van der Waals surface area contributed by atoms with Crippen molar-refractivity contribution in [1.29, 1.82) is 0 Å². The minimum atomic E-state index is -0.138. The number of hydrogen-bond donors (Lipinski definition) is 1. The van der Waals surface area contributed by atoms with Gasteiger partial charge in [-0.15, -0.1) is 0 Å². The highest BCUT2D eigenvalue weighted by molar-refractivity contribution is 5.94. The smallest absolute Gasteiger partial charge is 0.255 e. The van der Waals surface area contributed by atoms with E-state index in [1.165, 1.54) is 0 Å². The van der Waals surface area contributed by atoms with Gasteiger partial charge in [-0.25, -0.2) is 0 Å². The Morgan fingerprint density at radius 1 is 1.31 bits per heavy atom. The first-order chi connectivity index (χ1) is 12.5. The predicted molar refractivity (Wildman–Crippen MR) is 103 cm³/mol. The number of aryl methyl sites for hydroxylation is 1. The van der Waals surface area contributed by atoms with Gasteiger partial charge >= 0.3 is 0 Å². The quantitative estimate of drug-likeness (QED) is 0.772. The van der Waals surface area contributed by atoms with E-state index in [1.54, 1.807) is 11.1 Å². The second-order valence-electron chi connectivity index (χ2n) is 7.15. The largest absolute Gasteiger partial charge is 0.350 e. The highest BCUT2D eigenvalue weighted by Gasteiger charge is 2.30. The van der Waals surface area contributed by atoms with Crippen molar-refractivity contribution in [3.63, 3.8) is 0 Å². The lowest BCUT2D eigenvalue weighted by Crippen LogP contribution is -2.49. The highest BCUT2D eigenvalue weighted by Crippen LogP contribution is 2.14. The summed E-state index contributed by atoms with van der Waals surface area (Å²) in [6.45, 7) is 11.2. The predicted octanol–water partition coefficient (Wildman–Crippen LogP) is 2.23. The van der Waals surface area contributed by atoms with Gasteiger partial charge in [0.05, 0.1) is 11.6 Å². The first-order valence-electron chi connectivity index (χ1n) is 9.72. The molecular weight excluding hydrogens is 328 g/mol. The van der Waals surface area contributed by atoms with E-state index in [-0.39, 0.29) is 23.9 Å². The summed E-state index contributed by atoms with van der Waals surface area (Å²) in [5.74, 6) is 0.0455. The summed E-state index contributed by atoms with van der Waals surface area (Å²) in [5, 5.41) is 3.13. The molecular formula is C20H32N4O2. The van der Waals surface area contributed by atoms with Crippen LogP contribution in [0.2, 0.25) is 0 Å². The molecule has 0 unspecified atom stereocenters. The van der Waals surface area contributed by atoms with Gasteiger partial charge < -0.3 is 10.2 Å². The Balaban J connectivity index is 1.88. The number of likely N-dealkylation sites (tertiary alicyclic amines) is 1. The molecule has 0 spiro atoms. The number of nitrogens with one attached hydrogen (secondary N) is 1. The molecule has 0 aromatic carbocycles. The van der Waals surface area contributed by atoms with E-state index >= 15 is 0 Å². The molecule has 0 saturated carbocycles. The van der Waals surface area contributed by atoms with Crippen LogP contribution in [0.15, 0.2) is 18.3 Å². The van der Waals surface area contributed by atoms with Crippen molar-refractivity contribution in [2.75, 3.05) is 26.2 Å². The molecule has 6 heteroatoms. The molecule has 1 aliphatic rings. The zero-order chi connectivity index (χ0) is 19.1. The molecule has 2 amide bonds. The summed E-state index contributed by atoms with van der Waals surface area (Å²) in [7, 11) is 0. The SMILES string of the molecule is CCCN(CCC)[C@@H](C)C(=O)N[C@@H]1CCN(C(=O)c2ccc(C)nc2)C1. The van der Waals surface area contributed by atoms with E-state index in [0.29, 0.717) is 18.7 Å². The Kier molecular flexibility index (Phi) is 7.57. The first kappa shape index (κ1) is 20.4. The normalized spacial score (nSPS) is 18.2. The molecule has 1 aliphatic heterocycles. The van der Waals surface area contributed by atoms with Gasteiger partial charge in [0, 0.05) is 31.0 Å². The maximum Gasteiger partial charge on any atom is 0.255 e. The third kappa shape index (κ3) is 5.27. The Bertz CT molecular complexity index is 596. The van der Waals surface area contributed by atoms with Gasteiger partial charge in [0.2, 0.25) is 5.91 Å². The maximum absolute atomic E-state index is 12.6. The van der Waals surface area contributed by atoms with Crippen molar-refractivity contribution < 1.29 is 9.59 Å². The molecule has 0 bridgehead atoms. The number of nitrogens with zero attached hydrogens (tertiary/aromatic N) is 3. The second kappa shape index (κ2) is 9.67. The lowest BCUT2D eigenvalue weighted by molar-refractivity contribution is -0.126. The average molecular weight is 361 g/mol. The maximum atomic E-state index is 12.6. The van der Waals surface area contributed by atoms with E-state index in [4.69, 9.17) is 0 Å². The molecule has 0 radical (unpaired) electrons. The average Bonchev–Trinajstić information content (AvgIpc) is 3.09. The van der Waals surface area contributed by atoms with Crippen molar-refractivity contribution in [3.05, 3.63) is 29.6 Å². The zero-order valence-corrected chi connectivity index (χ0v) is 16.5. The number of rotatable bonds is 8. The third-order valence-corrected chi connectivity index (χ3v) is 4.93. The molecule has 6 nitrogen and oxygen atoms in total. The minimum Gasteiger partial charge on any atom is -0.350 e. The topological polar surface area (TPSA) is 65.5 Å². The van der Waals surface area contributed by atoms with Gasteiger partial charge in [-0.05, 0) is 58.3 Å². The van der Waals surface area contributed by atoms with Crippen molar-refractivity contribution in [3.8, 4) is 0 Å². The third-order valence-electron chi connectivity index (χ3n) is 4.93. The van der Waals surface area contributed by atoms with Crippen LogP contribution in [0.25, 0.3) is 0 Å². The number of aromatic nitrogens is 1. The highest BCUT2D eigenvalue weighted by atomic mass is 16.2. The molecule has 2 rings (SSSR count). The summed E-state index contributed by atoms with van der Waals surface area (Å²) in [4.78, 5) is 33.4. The van der Waals surface area contributed by atoms with Gasteiger partial charge in [-0.3, -0.25) is 19.5 Å². The number of pyridine rings is 1. The van der Waals surface area contributed by atoms with E-state index in [2.05, 4.69) is 29.0 Å². The van der Waals surface area contributed by atoms with E-state index in [1.807, 2.05) is 26.0 Å². The van der Waals surface area contributed by atoms with Crippen LogP contribution in [-0.2, 0) is 4.79 Å². The van der Waals surface area contributed by atoms with Crippen LogP contribution in [0.5, 0.6) is 0 Å². The van der Waals surface area contributed by atoms with Crippen LogP contribution in [0.3, 0.4) is 0 Å². The zero-order valence-electron chi connectivity index (χ0n) is 16.5. The van der Waals surface area contributed by atoms with Crippen LogP contribution in [-0.4, -0.2) is 64.9 Å². The molecule has 0 aliphatic carbocycles. The molecule has 26 heavy (non-hydrogen) atoms. The molecule has 2 atom stereocenters. The molecule has 1 aromatic heterocycles. The summed E-state index contributed by atoms with van der Waals surface area (Å²) in [6, 6.07) is 3.55. The molecule has 1 saturated heterocycles. The van der Waals surface area contributed by atoms with E-state index in [9.17, 15) is 9.59 Å². The summed E-state index contributed by atoms with van der Waals surface area (Å²) < 4.78 is 0. The number of carbonyl (C=O) groups is 2. The number of hydrogen-bond acceptors (Lipinski definition) is 4. The fourth-order valence-corrected chi connectivity index (χ4v) is 3.40. The van der Waals surface area contributed by atoms with Crippen LogP contribution in [0, 0.1) is 6.92 Å². The molecule has 1 N–H and O–H groups in total. The van der Waals surface area contributed by atoms with Crippen molar-refractivity contribution in [1.82, 2.24) is 20.1 Å². The first-order valence-corrected chi connectivity index (χ1v) is 9.72. The van der Waals surface area contributed by atoms with Crippen molar-refractivity contribution in [2.24, 2.45) is 0 Å². The van der Waals surface area contributed by atoms with Crippen LogP contribution in [0.1, 0.15) is 56.1 Å². The Morgan fingerprint density at radius 2 is 2.00 bits per heavy atom. The summed E-state index contributed by atoms with van der Waals surface area (Å²) in [5.41, 5.74) is 1.50. The fraction of sp³-hybridized carbons (Fsp3) is 0.650. The van der Waals surface area contributed by atoms with Crippen LogP contribution < -0.4 is 5.32 Å². The minimum absolute atomic E-state index is 0.0131. The monoisotopic (exact) mass is 360 g/mol. The second-order valence-corrected chi connectivity index (χ2v) is 7.15. The van der Waals surface area contributed by atoms with Gasteiger partial charge in [0.25, 0.3) is 5.91 Å². The van der Waals surface area contributed by atoms with Gasteiger partial charge in [0.1, 0.15) is 0 Å². The molecule has 1 aromatic rings. The standard InChI is InChI=1S/C20H32N4O2/c1-5-10-23(11-6-2)16(4)19(25)22-18-9-12-24(14-18)20(26)17-8-7-15(3)21-13-17/h7-8,13,16,18H,5-6,9-12,14H2,1-4H3,(H,22,25)/t16-,18+/m0/s1. The molecule has 1 fully saturated rings. The van der Waals surface area contributed by atoms with Crippen LogP contribution >= 0.6 is 0 Å². The van der Waals surface area contributed by atoms with Crippen molar-refractivity contribution >= 4 is 11.8 Å². The lowest BCUT2D eigenvalue weighted by Gasteiger charge is -2.28. The lowest BCUT2D eigenvalue weighted by atomic mass is 10.2. The Hall–Kier alpha value is -1.95. The molecule has 2 heterocycles. The molecule has 144 valence electrons. The number of carbonyl (C=O) groups excluding carboxylic acids is 2. The van der Waals surface area contributed by atoms with Gasteiger partial charge in [-0.2, -0.15) is 0 Å². The van der Waals surface area contributed by atoms with E-state index in [0.717, 1.165) is 38.0 Å². The summed E-state index contributed by atoms with van der Waals surface area (Å²) >= 11 is 0. The van der Waals surface area contributed by atoms with E-state index < -0.39 is 0 Å². The van der Waals surface area contributed by atoms with Gasteiger partial charge in [-0.1, -0.05) is 13.8 Å². The fourth-order valence-electron chi connectivity index (χ4n) is 3.40. The Labute approximate surface area is 157 Å². The summed E-state index contributed by atoms with van der Waals surface area (Å²) in [6.07, 6.45) is 4.49. The Morgan fingerprint density at radius 3 is 2.58 bits per heavy atom. The van der Waals surface area contributed by atoms with Crippen molar-refractivity contribution in [2.45, 2.75) is 59.0 Å². The van der Waals surface area contributed by atoms with Crippen LogP contribution in [0.4, 0.5) is 0 Å². The van der Waals surface area contributed by atoms with Gasteiger partial charge in [0.15, 0.2) is 0 Å². The number of amides is 2.